The summed E-state index contributed by atoms with van der Waals surface area (Å²) in [6.07, 6.45) is 3.18. The molecule has 1 aliphatic rings. The van der Waals surface area contributed by atoms with E-state index in [9.17, 15) is 0 Å². The van der Waals surface area contributed by atoms with Crippen molar-refractivity contribution >= 4 is 57.7 Å². The van der Waals surface area contributed by atoms with Gasteiger partial charge in [0, 0.05) is 46.3 Å². The second kappa shape index (κ2) is 7.80. The number of rotatable bonds is 4. The molecule has 5 heteroatoms. The Hall–Kier alpha value is 1.17. The first-order valence-corrected chi connectivity index (χ1v) is 5.77. The van der Waals surface area contributed by atoms with Crippen LogP contribution >= 0.6 is 21.8 Å². The second-order valence-corrected chi connectivity index (χ2v) is 4.48. The van der Waals surface area contributed by atoms with Crippen LogP contribution < -0.4 is 0 Å². The van der Waals surface area contributed by atoms with Gasteiger partial charge in [0.05, 0.1) is 19.4 Å². The first kappa shape index (κ1) is 12.2. The van der Waals surface area contributed by atoms with Crippen molar-refractivity contribution in [1.29, 1.82) is 0 Å². The monoisotopic (exact) mass is 199 g/mol. The predicted octanol–water partition coefficient (Wildman–Crippen LogP) is 1.66. The average Bonchev–Trinajstić information content (AvgIpc) is 2.41. The van der Waals surface area contributed by atoms with Crippen LogP contribution in [0.1, 0.15) is 13.3 Å². The van der Waals surface area contributed by atoms with Gasteiger partial charge in [-0.25, -0.2) is 0 Å². The standard InChI is InChI=1S/C6H12N2S2.Na/c1-2-5-9-10-8-4-3-7-6-8;/h6H,2-5H2,1H3;. The fraction of sp³-hybridized carbons (Fsp3) is 0.833. The summed E-state index contributed by atoms with van der Waals surface area (Å²) in [5.41, 5.74) is 0. The first-order valence-electron chi connectivity index (χ1n) is 3.49. The zero-order valence-electron chi connectivity index (χ0n) is 7.12. The molecule has 0 unspecified atom stereocenters. The van der Waals surface area contributed by atoms with E-state index in [2.05, 4.69) is 16.2 Å². The van der Waals surface area contributed by atoms with E-state index >= 15 is 0 Å². The molecular formula is C6H12N2NaS2. The number of nitrogens with zero attached hydrogens (tertiary/aromatic N) is 2. The molecule has 0 aromatic rings. The molecule has 59 valence electrons. The smallest absolute Gasteiger partial charge is 0.0957 e. The molecular weight excluding hydrogens is 187 g/mol. The SMILES string of the molecule is CCCSSN1C=NCC1.[Na]. The quantitative estimate of drug-likeness (QED) is 0.296. The summed E-state index contributed by atoms with van der Waals surface area (Å²) in [6, 6.07) is 0. The third-order valence-electron chi connectivity index (χ3n) is 1.10. The first-order chi connectivity index (χ1) is 4.93. The Kier molecular flexibility index (Phi) is 8.63. The largest absolute Gasteiger partial charge is 0.296 e. The van der Waals surface area contributed by atoms with Gasteiger partial charge in [0.15, 0.2) is 0 Å². The normalized spacial score (nSPS) is 15.2. The molecule has 1 aliphatic heterocycles. The van der Waals surface area contributed by atoms with Crippen LogP contribution in [-0.2, 0) is 0 Å². The van der Waals surface area contributed by atoms with Gasteiger partial charge in [0.2, 0.25) is 0 Å². The molecule has 0 saturated carbocycles. The van der Waals surface area contributed by atoms with Crippen LogP contribution in [-0.4, -0.2) is 59.0 Å². The van der Waals surface area contributed by atoms with E-state index in [0.29, 0.717) is 0 Å². The van der Waals surface area contributed by atoms with E-state index in [1.165, 1.54) is 12.2 Å². The van der Waals surface area contributed by atoms with Crippen molar-refractivity contribution in [2.45, 2.75) is 13.3 Å². The van der Waals surface area contributed by atoms with Gasteiger partial charge in [-0.05, 0) is 6.42 Å². The molecule has 1 heterocycles. The summed E-state index contributed by atoms with van der Waals surface area (Å²) < 4.78 is 2.18. The second-order valence-electron chi connectivity index (χ2n) is 2.06. The van der Waals surface area contributed by atoms with Crippen LogP contribution in [0.25, 0.3) is 0 Å². The van der Waals surface area contributed by atoms with Crippen molar-refractivity contribution in [3.63, 3.8) is 0 Å². The van der Waals surface area contributed by atoms with Crippen molar-refractivity contribution in [3.05, 3.63) is 0 Å². The van der Waals surface area contributed by atoms with Gasteiger partial charge in [-0.1, -0.05) is 17.7 Å². The maximum atomic E-state index is 4.11. The van der Waals surface area contributed by atoms with E-state index in [0.717, 1.165) is 13.1 Å². The molecule has 0 aliphatic carbocycles. The fourth-order valence-electron chi connectivity index (χ4n) is 0.608. The average molecular weight is 199 g/mol. The maximum absolute atomic E-state index is 4.11. The van der Waals surface area contributed by atoms with E-state index in [4.69, 9.17) is 0 Å². The van der Waals surface area contributed by atoms with Crippen LogP contribution in [0.15, 0.2) is 4.99 Å². The molecule has 2 nitrogen and oxygen atoms in total. The Morgan fingerprint density at radius 3 is 3.00 bits per heavy atom. The van der Waals surface area contributed by atoms with Crippen LogP contribution in [0.5, 0.6) is 0 Å². The van der Waals surface area contributed by atoms with Crippen LogP contribution in [0.2, 0.25) is 0 Å². The maximum Gasteiger partial charge on any atom is 0.0957 e. The van der Waals surface area contributed by atoms with Gasteiger partial charge in [-0.3, -0.25) is 9.30 Å². The Morgan fingerprint density at radius 2 is 2.45 bits per heavy atom. The molecule has 0 atom stereocenters. The van der Waals surface area contributed by atoms with Crippen molar-refractivity contribution in [2.75, 3.05) is 18.8 Å². The molecule has 1 radical (unpaired) electrons. The van der Waals surface area contributed by atoms with Crippen molar-refractivity contribution in [2.24, 2.45) is 4.99 Å². The number of hydrogen-bond acceptors (Lipinski definition) is 4. The molecule has 0 bridgehead atoms. The minimum Gasteiger partial charge on any atom is -0.296 e. The summed E-state index contributed by atoms with van der Waals surface area (Å²) >= 11 is 0. The van der Waals surface area contributed by atoms with E-state index in [1.807, 2.05) is 28.1 Å². The summed E-state index contributed by atoms with van der Waals surface area (Å²) in [7, 11) is 3.71. The number of hydrogen-bond donors (Lipinski definition) is 0. The van der Waals surface area contributed by atoms with Gasteiger partial charge in [0.25, 0.3) is 0 Å². The van der Waals surface area contributed by atoms with Gasteiger partial charge < -0.3 is 0 Å². The predicted molar refractivity (Wildman–Crippen MR) is 56.2 cm³/mol. The minimum atomic E-state index is 0. The van der Waals surface area contributed by atoms with Crippen LogP contribution in [0, 0.1) is 0 Å². The van der Waals surface area contributed by atoms with Crippen molar-refractivity contribution < 1.29 is 0 Å². The molecule has 0 aromatic heterocycles. The molecule has 0 amide bonds. The zero-order valence-corrected chi connectivity index (χ0v) is 10.7. The van der Waals surface area contributed by atoms with Gasteiger partial charge in [0.1, 0.15) is 0 Å². The molecule has 0 fully saturated rings. The summed E-state index contributed by atoms with van der Waals surface area (Å²) in [5.74, 6) is 1.23. The molecule has 0 saturated heterocycles. The van der Waals surface area contributed by atoms with Gasteiger partial charge in [-0.15, -0.1) is 0 Å². The van der Waals surface area contributed by atoms with E-state index in [-0.39, 0.29) is 29.6 Å². The van der Waals surface area contributed by atoms with E-state index in [1.54, 1.807) is 0 Å². The van der Waals surface area contributed by atoms with Gasteiger partial charge >= 0.3 is 0 Å². The molecule has 0 spiro atoms. The molecule has 11 heavy (non-hydrogen) atoms. The van der Waals surface area contributed by atoms with Crippen LogP contribution in [0.4, 0.5) is 0 Å². The van der Waals surface area contributed by atoms with Crippen molar-refractivity contribution in [3.8, 4) is 0 Å². The van der Waals surface area contributed by atoms with Gasteiger partial charge in [-0.2, -0.15) is 0 Å². The Morgan fingerprint density at radius 1 is 1.64 bits per heavy atom. The zero-order chi connectivity index (χ0) is 7.23. The molecule has 1 rings (SSSR count). The minimum absolute atomic E-state index is 0. The van der Waals surface area contributed by atoms with Crippen LogP contribution in [0.3, 0.4) is 0 Å². The summed E-state index contributed by atoms with van der Waals surface area (Å²) in [6.45, 7) is 4.26. The summed E-state index contributed by atoms with van der Waals surface area (Å²) in [4.78, 5) is 4.11. The van der Waals surface area contributed by atoms with Crippen molar-refractivity contribution in [1.82, 2.24) is 4.31 Å². The topological polar surface area (TPSA) is 15.6 Å². The molecule has 0 aromatic carbocycles. The Labute approximate surface area is 98.4 Å². The Bertz CT molecular complexity index is 121. The number of aliphatic imine (C=N–C) groups is 1. The summed E-state index contributed by atoms with van der Waals surface area (Å²) in [5, 5.41) is 0. The fourth-order valence-corrected chi connectivity index (χ4v) is 2.71. The molecule has 0 N–H and O–H groups in total. The third-order valence-corrected chi connectivity index (χ3v) is 3.64. The third kappa shape index (κ3) is 5.42. The Balaban J connectivity index is 0.000001000. The van der Waals surface area contributed by atoms with E-state index < -0.39 is 0 Å².